The molecular weight excluding hydrogens is 166 g/mol. The highest BCUT2D eigenvalue weighted by molar-refractivity contribution is 8.14. The van der Waals surface area contributed by atoms with Crippen LogP contribution in [-0.2, 0) is 0 Å². The molecule has 1 aromatic heterocycles. The van der Waals surface area contributed by atoms with Crippen LogP contribution in [0.5, 0.6) is 0 Å². The van der Waals surface area contributed by atoms with Gasteiger partial charge in [-0.25, -0.2) is 0 Å². The van der Waals surface area contributed by atoms with E-state index < -0.39 is 0 Å². The maximum absolute atomic E-state index is 10.4. The SMILES string of the molecule is Cc1ccc(SC(N)=O)s1. The molecule has 1 heterocycles. The molecule has 0 spiro atoms. The van der Waals surface area contributed by atoms with E-state index in [2.05, 4.69) is 0 Å². The minimum Gasteiger partial charge on any atom is -0.360 e. The summed E-state index contributed by atoms with van der Waals surface area (Å²) in [6.07, 6.45) is 0. The Morgan fingerprint density at radius 2 is 2.40 bits per heavy atom. The fourth-order valence-electron chi connectivity index (χ4n) is 0.566. The minimum atomic E-state index is -0.346. The molecule has 0 aliphatic carbocycles. The number of carbonyl (C=O) groups is 1. The standard InChI is InChI=1S/C6H7NOS2/c1-4-2-3-5(9-4)10-6(7)8/h2-3H,1H3,(H2,7,8). The Labute approximate surface area is 67.4 Å². The van der Waals surface area contributed by atoms with Gasteiger partial charge in [-0.05, 0) is 30.8 Å². The molecule has 10 heavy (non-hydrogen) atoms. The van der Waals surface area contributed by atoms with Crippen molar-refractivity contribution in [3.63, 3.8) is 0 Å². The molecule has 1 rings (SSSR count). The van der Waals surface area contributed by atoms with E-state index in [9.17, 15) is 4.79 Å². The maximum Gasteiger partial charge on any atom is 0.282 e. The first-order valence-corrected chi connectivity index (χ1v) is 4.35. The zero-order chi connectivity index (χ0) is 7.56. The van der Waals surface area contributed by atoms with Crippen molar-refractivity contribution < 1.29 is 4.79 Å². The van der Waals surface area contributed by atoms with E-state index in [4.69, 9.17) is 5.73 Å². The second-order valence-electron chi connectivity index (χ2n) is 1.79. The van der Waals surface area contributed by atoms with Crippen molar-refractivity contribution in [1.29, 1.82) is 0 Å². The van der Waals surface area contributed by atoms with Gasteiger partial charge < -0.3 is 5.73 Å². The van der Waals surface area contributed by atoms with Crippen molar-refractivity contribution in [3.05, 3.63) is 17.0 Å². The lowest BCUT2D eigenvalue weighted by Gasteiger charge is -1.86. The number of nitrogens with two attached hydrogens (primary N) is 1. The van der Waals surface area contributed by atoms with E-state index in [1.807, 2.05) is 19.1 Å². The van der Waals surface area contributed by atoms with Gasteiger partial charge in [0.2, 0.25) is 0 Å². The van der Waals surface area contributed by atoms with Crippen LogP contribution in [0.2, 0.25) is 0 Å². The lowest BCUT2D eigenvalue weighted by atomic mass is 10.5. The monoisotopic (exact) mass is 173 g/mol. The van der Waals surface area contributed by atoms with Gasteiger partial charge >= 0.3 is 0 Å². The van der Waals surface area contributed by atoms with Crippen LogP contribution < -0.4 is 5.73 Å². The van der Waals surface area contributed by atoms with Crippen LogP contribution in [0.3, 0.4) is 0 Å². The highest BCUT2D eigenvalue weighted by Gasteiger charge is 2.00. The van der Waals surface area contributed by atoms with E-state index in [-0.39, 0.29) is 5.24 Å². The predicted octanol–water partition coefficient (Wildman–Crippen LogP) is 2.23. The molecule has 1 amide bonds. The van der Waals surface area contributed by atoms with E-state index in [0.29, 0.717) is 0 Å². The zero-order valence-corrected chi connectivity index (χ0v) is 7.09. The van der Waals surface area contributed by atoms with Crippen LogP contribution in [0.25, 0.3) is 0 Å². The van der Waals surface area contributed by atoms with Gasteiger partial charge in [0.1, 0.15) is 0 Å². The van der Waals surface area contributed by atoms with Gasteiger partial charge in [-0.3, -0.25) is 4.79 Å². The molecule has 2 N–H and O–H groups in total. The molecule has 0 unspecified atom stereocenters. The van der Waals surface area contributed by atoms with Crippen LogP contribution in [0.4, 0.5) is 4.79 Å². The summed E-state index contributed by atoms with van der Waals surface area (Å²) < 4.78 is 0.963. The summed E-state index contributed by atoms with van der Waals surface area (Å²) in [6.45, 7) is 2.00. The van der Waals surface area contributed by atoms with E-state index >= 15 is 0 Å². The number of rotatable bonds is 1. The molecule has 0 bridgehead atoms. The summed E-state index contributed by atoms with van der Waals surface area (Å²) in [5.41, 5.74) is 4.96. The Morgan fingerprint density at radius 3 is 2.80 bits per heavy atom. The normalized spacial score (nSPS) is 9.70. The van der Waals surface area contributed by atoms with Gasteiger partial charge in [0.25, 0.3) is 5.24 Å². The molecule has 2 nitrogen and oxygen atoms in total. The number of hydrogen-bond acceptors (Lipinski definition) is 3. The van der Waals surface area contributed by atoms with Gasteiger partial charge in [0.15, 0.2) is 0 Å². The highest BCUT2D eigenvalue weighted by Crippen LogP contribution is 2.26. The number of carbonyl (C=O) groups excluding carboxylic acids is 1. The molecule has 0 saturated heterocycles. The Kier molecular flexibility index (Phi) is 2.34. The molecule has 0 radical (unpaired) electrons. The summed E-state index contributed by atoms with van der Waals surface area (Å²) >= 11 is 2.65. The number of aryl methyl sites for hydroxylation is 1. The third-order valence-corrected chi connectivity index (χ3v) is 2.75. The summed E-state index contributed by atoms with van der Waals surface area (Å²) in [6, 6.07) is 3.87. The van der Waals surface area contributed by atoms with Crippen molar-refractivity contribution in [1.82, 2.24) is 0 Å². The van der Waals surface area contributed by atoms with Crippen LogP contribution in [0.1, 0.15) is 4.88 Å². The average Bonchev–Trinajstić information content (AvgIpc) is 2.13. The first kappa shape index (κ1) is 7.63. The summed E-state index contributed by atoms with van der Waals surface area (Å²) in [7, 11) is 0. The Bertz CT molecular complexity index is 244. The number of thiophene rings is 1. The van der Waals surface area contributed by atoms with Crippen molar-refractivity contribution in [3.8, 4) is 0 Å². The quantitative estimate of drug-likeness (QED) is 0.662. The lowest BCUT2D eigenvalue weighted by molar-refractivity contribution is 0.267. The largest absolute Gasteiger partial charge is 0.360 e. The van der Waals surface area contributed by atoms with Crippen LogP contribution in [0.15, 0.2) is 16.3 Å². The minimum absolute atomic E-state index is 0.346. The Balaban J connectivity index is 2.67. The average molecular weight is 173 g/mol. The van der Waals surface area contributed by atoms with Crippen LogP contribution >= 0.6 is 23.1 Å². The fourth-order valence-corrected chi connectivity index (χ4v) is 2.30. The third kappa shape index (κ3) is 2.04. The van der Waals surface area contributed by atoms with Crippen molar-refractivity contribution in [2.45, 2.75) is 11.1 Å². The molecular formula is C6H7NOS2. The van der Waals surface area contributed by atoms with Gasteiger partial charge in [0, 0.05) is 4.88 Å². The summed E-state index contributed by atoms with van der Waals surface area (Å²) in [5, 5.41) is -0.346. The third-order valence-electron chi connectivity index (χ3n) is 0.917. The lowest BCUT2D eigenvalue weighted by Crippen LogP contribution is -2.00. The number of amides is 1. The van der Waals surface area contributed by atoms with Gasteiger partial charge in [-0.15, -0.1) is 11.3 Å². The fraction of sp³-hybridized carbons (Fsp3) is 0.167. The topological polar surface area (TPSA) is 43.1 Å². The molecule has 54 valence electrons. The van der Waals surface area contributed by atoms with Crippen LogP contribution in [-0.4, -0.2) is 5.24 Å². The van der Waals surface area contributed by atoms with E-state index in [1.54, 1.807) is 11.3 Å². The molecule has 0 saturated carbocycles. The summed E-state index contributed by atoms with van der Waals surface area (Å²) in [5.74, 6) is 0. The number of thioether (sulfide) groups is 1. The second kappa shape index (κ2) is 3.07. The molecule has 0 aliphatic heterocycles. The molecule has 0 atom stereocenters. The highest BCUT2D eigenvalue weighted by atomic mass is 32.2. The number of primary amides is 1. The number of hydrogen-bond donors (Lipinski definition) is 1. The van der Waals surface area contributed by atoms with Gasteiger partial charge in [0.05, 0.1) is 4.21 Å². The predicted molar refractivity (Wildman–Crippen MR) is 44.5 cm³/mol. The molecule has 0 fully saturated rings. The molecule has 1 aromatic rings. The van der Waals surface area contributed by atoms with E-state index in [0.717, 1.165) is 16.0 Å². The van der Waals surface area contributed by atoms with Crippen molar-refractivity contribution in [2.75, 3.05) is 0 Å². The first-order valence-electron chi connectivity index (χ1n) is 2.72. The Hall–Kier alpha value is -0.480. The van der Waals surface area contributed by atoms with Crippen molar-refractivity contribution >= 4 is 28.3 Å². The van der Waals surface area contributed by atoms with E-state index in [1.165, 1.54) is 4.88 Å². The summed E-state index contributed by atoms with van der Waals surface area (Å²) in [4.78, 5) is 11.6. The molecule has 0 aromatic carbocycles. The Morgan fingerprint density at radius 1 is 1.70 bits per heavy atom. The maximum atomic E-state index is 10.4. The smallest absolute Gasteiger partial charge is 0.282 e. The van der Waals surface area contributed by atoms with Gasteiger partial charge in [-0.1, -0.05) is 0 Å². The molecule has 4 heteroatoms. The second-order valence-corrected chi connectivity index (χ2v) is 4.38. The van der Waals surface area contributed by atoms with Crippen LogP contribution in [0, 0.1) is 6.92 Å². The zero-order valence-electron chi connectivity index (χ0n) is 5.46. The first-order chi connectivity index (χ1) is 4.68. The van der Waals surface area contributed by atoms with Gasteiger partial charge in [-0.2, -0.15) is 0 Å². The van der Waals surface area contributed by atoms with Crippen molar-refractivity contribution in [2.24, 2.45) is 5.73 Å². The molecule has 0 aliphatic rings.